The first-order valence-corrected chi connectivity index (χ1v) is 9.28. The number of alkyl carbamates (subject to hydrolysis) is 1. The number of nitrogens with zero attached hydrogens (tertiary/aromatic N) is 3. The van der Waals surface area contributed by atoms with Crippen LogP contribution >= 0.6 is 0 Å². The summed E-state index contributed by atoms with van der Waals surface area (Å²) in [6.07, 6.45) is 1.20. The summed E-state index contributed by atoms with van der Waals surface area (Å²) < 4.78 is 6.33. The first kappa shape index (κ1) is 20.3. The summed E-state index contributed by atoms with van der Waals surface area (Å²) in [6, 6.07) is 19.2. The fourth-order valence-corrected chi connectivity index (χ4v) is 2.94. The lowest BCUT2D eigenvalue weighted by Crippen LogP contribution is -2.45. The molecule has 2 aromatic carbocycles. The maximum absolute atomic E-state index is 12.3. The van der Waals surface area contributed by atoms with Crippen LogP contribution in [-0.4, -0.2) is 46.9 Å². The van der Waals surface area contributed by atoms with Gasteiger partial charge in [-0.25, -0.2) is 9.48 Å². The number of carbonyl (C=O) groups is 2. The minimum Gasteiger partial charge on any atom is -0.453 e. The van der Waals surface area contributed by atoms with Crippen LogP contribution in [0, 0.1) is 0 Å². The molecule has 3 rings (SSSR count). The van der Waals surface area contributed by atoms with E-state index in [9.17, 15) is 9.59 Å². The molecule has 29 heavy (non-hydrogen) atoms. The number of amides is 2. The molecule has 7 heteroatoms. The summed E-state index contributed by atoms with van der Waals surface area (Å²) in [4.78, 5) is 25.4. The molecule has 1 heterocycles. The molecule has 0 saturated carbocycles. The smallest absolute Gasteiger partial charge is 0.413 e. The first-order valence-electron chi connectivity index (χ1n) is 9.28. The number of methoxy groups -OCH3 is 1. The van der Waals surface area contributed by atoms with Gasteiger partial charge in [0.2, 0.25) is 5.91 Å². The Balaban J connectivity index is 1.88. The Hall–Kier alpha value is -3.45. The Bertz CT molecular complexity index is 970. The van der Waals surface area contributed by atoms with Crippen molar-refractivity contribution in [1.82, 2.24) is 20.0 Å². The van der Waals surface area contributed by atoms with Crippen LogP contribution in [-0.2, 0) is 16.1 Å². The van der Waals surface area contributed by atoms with E-state index >= 15 is 0 Å². The third kappa shape index (κ3) is 4.89. The quantitative estimate of drug-likeness (QED) is 0.697. The average molecular weight is 392 g/mol. The van der Waals surface area contributed by atoms with Gasteiger partial charge in [-0.15, -0.1) is 0 Å². The Morgan fingerprint density at radius 2 is 1.72 bits per heavy atom. The van der Waals surface area contributed by atoms with Crippen molar-refractivity contribution in [3.8, 4) is 16.9 Å². The van der Waals surface area contributed by atoms with Gasteiger partial charge in [0.15, 0.2) is 0 Å². The molecule has 3 aromatic rings. The molecule has 0 aliphatic heterocycles. The number of benzene rings is 2. The molecule has 150 valence electrons. The molecule has 7 nitrogen and oxygen atoms in total. The second kappa shape index (κ2) is 9.16. The number of aromatic nitrogens is 2. The van der Waals surface area contributed by atoms with Crippen LogP contribution in [0.2, 0.25) is 0 Å². The van der Waals surface area contributed by atoms with Gasteiger partial charge in [0, 0.05) is 23.9 Å². The van der Waals surface area contributed by atoms with Crippen LogP contribution < -0.4 is 5.32 Å². The molecule has 0 fully saturated rings. The normalized spacial score (nSPS) is 11.9. The predicted molar refractivity (Wildman–Crippen MR) is 110 cm³/mol. The summed E-state index contributed by atoms with van der Waals surface area (Å²) in [7, 11) is 3.05. The van der Waals surface area contributed by atoms with Crippen molar-refractivity contribution in [1.29, 1.82) is 0 Å². The first-order chi connectivity index (χ1) is 14.0. The summed E-state index contributed by atoms with van der Waals surface area (Å²) in [6.45, 7) is 2.22. The molecule has 2 amide bonds. The summed E-state index contributed by atoms with van der Waals surface area (Å²) >= 11 is 0. The zero-order valence-electron chi connectivity index (χ0n) is 16.7. The van der Waals surface area contributed by atoms with Gasteiger partial charge in [-0.3, -0.25) is 15.0 Å². The zero-order chi connectivity index (χ0) is 20.8. The maximum atomic E-state index is 12.3. The third-order valence-corrected chi connectivity index (χ3v) is 4.73. The number of imide groups is 1. The highest BCUT2D eigenvalue weighted by Gasteiger charge is 2.22. The number of ether oxygens (including phenoxy) is 1. The number of carbonyl (C=O) groups excluding carboxylic acids is 2. The summed E-state index contributed by atoms with van der Waals surface area (Å²) in [5.41, 5.74) is 3.77. The number of rotatable bonds is 6. The summed E-state index contributed by atoms with van der Waals surface area (Å²) in [5.74, 6) is -0.420. The Morgan fingerprint density at radius 1 is 1.10 bits per heavy atom. The number of nitrogens with one attached hydrogen (secondary N) is 1. The van der Waals surface area contributed by atoms with E-state index in [4.69, 9.17) is 5.10 Å². The molecular formula is C22H24N4O3. The topological polar surface area (TPSA) is 76.5 Å². The van der Waals surface area contributed by atoms with Gasteiger partial charge < -0.3 is 4.74 Å². The van der Waals surface area contributed by atoms with Gasteiger partial charge in [-0.1, -0.05) is 48.5 Å². The van der Waals surface area contributed by atoms with Crippen molar-refractivity contribution >= 4 is 12.0 Å². The second-order valence-electron chi connectivity index (χ2n) is 6.72. The van der Waals surface area contributed by atoms with Gasteiger partial charge in [0.05, 0.1) is 24.5 Å². The predicted octanol–water partition coefficient (Wildman–Crippen LogP) is 3.24. The standard InChI is InChI=1S/C22H24N4O3/c1-16(21(27)23-22(28)29-3)25(2)14-18-15-26(19-12-8-5-9-13-19)24-20(18)17-10-6-4-7-11-17/h4-13,15-16H,14H2,1-3H3,(H,23,27,28)/t16-/m0/s1. The number of likely N-dealkylation sites (N-methyl/N-ethyl adjacent to an activating group) is 1. The van der Waals surface area contributed by atoms with Gasteiger partial charge >= 0.3 is 6.09 Å². The average Bonchev–Trinajstić information content (AvgIpc) is 3.18. The van der Waals surface area contributed by atoms with Gasteiger partial charge in [-0.05, 0) is 26.1 Å². The molecule has 1 aromatic heterocycles. The van der Waals surface area contributed by atoms with E-state index in [-0.39, 0.29) is 0 Å². The summed E-state index contributed by atoms with van der Waals surface area (Å²) in [5, 5.41) is 7.00. The highest BCUT2D eigenvalue weighted by molar-refractivity contribution is 5.94. The molecule has 0 saturated heterocycles. The van der Waals surface area contributed by atoms with Crippen molar-refractivity contribution in [2.75, 3.05) is 14.2 Å². The molecule has 1 atom stereocenters. The fraction of sp³-hybridized carbons (Fsp3) is 0.227. The fourth-order valence-electron chi connectivity index (χ4n) is 2.94. The Labute approximate surface area is 169 Å². The van der Waals surface area contributed by atoms with Crippen LogP contribution in [0.1, 0.15) is 12.5 Å². The molecule has 0 unspecified atom stereocenters. The Kier molecular flexibility index (Phi) is 6.41. The number of para-hydroxylation sites is 1. The van der Waals surface area contributed by atoms with E-state index in [1.54, 1.807) is 6.92 Å². The van der Waals surface area contributed by atoms with Crippen LogP contribution in [0.25, 0.3) is 16.9 Å². The van der Waals surface area contributed by atoms with Crippen molar-refractivity contribution in [2.45, 2.75) is 19.5 Å². The highest BCUT2D eigenvalue weighted by Crippen LogP contribution is 2.25. The monoisotopic (exact) mass is 392 g/mol. The van der Waals surface area contributed by atoms with E-state index in [2.05, 4.69) is 10.1 Å². The lowest BCUT2D eigenvalue weighted by molar-refractivity contribution is -0.124. The number of hydrogen-bond donors (Lipinski definition) is 1. The molecule has 0 aliphatic rings. The maximum Gasteiger partial charge on any atom is 0.413 e. The van der Waals surface area contributed by atoms with Gasteiger partial charge in [0.1, 0.15) is 0 Å². The van der Waals surface area contributed by atoms with E-state index in [1.807, 2.05) is 83.5 Å². The second-order valence-corrected chi connectivity index (χ2v) is 6.72. The minimum absolute atomic E-state index is 0.420. The van der Waals surface area contributed by atoms with Crippen molar-refractivity contribution in [3.05, 3.63) is 72.4 Å². The van der Waals surface area contributed by atoms with Gasteiger partial charge in [-0.2, -0.15) is 5.10 Å². The van der Waals surface area contributed by atoms with Crippen molar-refractivity contribution in [3.63, 3.8) is 0 Å². The van der Waals surface area contributed by atoms with Crippen molar-refractivity contribution < 1.29 is 14.3 Å². The third-order valence-electron chi connectivity index (χ3n) is 4.73. The Morgan fingerprint density at radius 3 is 2.34 bits per heavy atom. The molecule has 0 spiro atoms. The molecule has 0 radical (unpaired) electrons. The lowest BCUT2D eigenvalue weighted by Gasteiger charge is -2.23. The molecule has 0 aliphatic carbocycles. The van der Waals surface area contributed by atoms with E-state index < -0.39 is 18.0 Å². The largest absolute Gasteiger partial charge is 0.453 e. The molecule has 0 bridgehead atoms. The van der Waals surface area contributed by atoms with E-state index in [0.29, 0.717) is 6.54 Å². The van der Waals surface area contributed by atoms with Gasteiger partial charge in [0.25, 0.3) is 0 Å². The van der Waals surface area contributed by atoms with Crippen LogP contribution in [0.3, 0.4) is 0 Å². The van der Waals surface area contributed by atoms with E-state index in [1.165, 1.54) is 7.11 Å². The van der Waals surface area contributed by atoms with Crippen LogP contribution in [0.5, 0.6) is 0 Å². The molecular weight excluding hydrogens is 368 g/mol. The van der Waals surface area contributed by atoms with E-state index in [0.717, 1.165) is 22.5 Å². The minimum atomic E-state index is -0.767. The SMILES string of the molecule is COC(=O)NC(=O)[C@H](C)N(C)Cc1cn(-c2ccccc2)nc1-c1ccccc1. The lowest BCUT2D eigenvalue weighted by atomic mass is 10.1. The van der Waals surface area contributed by atoms with Crippen molar-refractivity contribution in [2.24, 2.45) is 0 Å². The van der Waals surface area contributed by atoms with Crippen LogP contribution in [0.15, 0.2) is 66.9 Å². The highest BCUT2D eigenvalue weighted by atomic mass is 16.5. The number of hydrogen-bond acceptors (Lipinski definition) is 5. The molecule has 1 N–H and O–H groups in total. The van der Waals surface area contributed by atoms with Crippen LogP contribution in [0.4, 0.5) is 4.79 Å². The zero-order valence-corrected chi connectivity index (χ0v) is 16.7.